The average Bonchev–Trinajstić information content (AvgIpc) is 2.29. The van der Waals surface area contributed by atoms with Gasteiger partial charge in [-0.15, -0.1) is 6.42 Å². The van der Waals surface area contributed by atoms with Crippen LogP contribution in [0.1, 0.15) is 19.0 Å². The van der Waals surface area contributed by atoms with Crippen molar-refractivity contribution in [3.05, 3.63) is 18.1 Å². The summed E-state index contributed by atoms with van der Waals surface area (Å²) >= 11 is 0. The van der Waals surface area contributed by atoms with Crippen LogP contribution in [0.2, 0.25) is 0 Å². The van der Waals surface area contributed by atoms with Gasteiger partial charge in [0.2, 0.25) is 0 Å². The van der Waals surface area contributed by atoms with Crippen LogP contribution in [-0.4, -0.2) is 23.1 Å². The minimum atomic E-state index is 0.321. The molecule has 0 atom stereocenters. The highest BCUT2D eigenvalue weighted by molar-refractivity contribution is 5.50. The van der Waals surface area contributed by atoms with E-state index in [0.29, 0.717) is 18.1 Å². The molecule has 1 aromatic rings. The maximum Gasteiger partial charge on any atom is 0.183 e. The molecule has 1 heterocycles. The Morgan fingerprint density at radius 2 is 2.20 bits per heavy atom. The second kappa shape index (κ2) is 5.62. The fourth-order valence-corrected chi connectivity index (χ4v) is 1.28. The molecule has 0 amide bonds. The van der Waals surface area contributed by atoms with Crippen molar-refractivity contribution in [3.8, 4) is 18.4 Å². The van der Waals surface area contributed by atoms with Gasteiger partial charge in [0.1, 0.15) is 6.07 Å². The fraction of sp³-hybridized carbons (Fsp3) is 0.364. The van der Waals surface area contributed by atoms with Crippen LogP contribution in [0.15, 0.2) is 12.4 Å². The van der Waals surface area contributed by atoms with Gasteiger partial charge >= 0.3 is 0 Å². The van der Waals surface area contributed by atoms with Crippen LogP contribution in [0, 0.1) is 23.7 Å². The van der Waals surface area contributed by atoms with E-state index >= 15 is 0 Å². The van der Waals surface area contributed by atoms with Crippen LogP contribution < -0.4 is 4.90 Å². The molecule has 76 valence electrons. The number of anilines is 1. The maximum absolute atomic E-state index is 8.87. The molecule has 4 nitrogen and oxygen atoms in total. The minimum absolute atomic E-state index is 0.321. The van der Waals surface area contributed by atoms with Gasteiger partial charge in [-0.1, -0.05) is 12.8 Å². The monoisotopic (exact) mass is 200 g/mol. The van der Waals surface area contributed by atoms with Crippen LogP contribution in [-0.2, 0) is 0 Å². The van der Waals surface area contributed by atoms with Gasteiger partial charge in [0.25, 0.3) is 0 Å². The van der Waals surface area contributed by atoms with Gasteiger partial charge in [-0.3, -0.25) is 0 Å². The summed E-state index contributed by atoms with van der Waals surface area (Å²) in [7, 11) is 0. The second-order valence-electron chi connectivity index (χ2n) is 2.97. The zero-order chi connectivity index (χ0) is 11.1. The lowest BCUT2D eigenvalue weighted by atomic mass is 10.3. The zero-order valence-corrected chi connectivity index (χ0v) is 8.64. The summed E-state index contributed by atoms with van der Waals surface area (Å²) in [4.78, 5) is 9.96. The first kappa shape index (κ1) is 11.0. The summed E-state index contributed by atoms with van der Waals surface area (Å²) in [6, 6.07) is 2.01. The molecule has 0 aromatic carbocycles. The summed E-state index contributed by atoms with van der Waals surface area (Å²) in [6.45, 7) is 3.27. The number of aromatic nitrogens is 2. The van der Waals surface area contributed by atoms with Crippen LogP contribution in [0.4, 0.5) is 5.82 Å². The third-order valence-electron chi connectivity index (χ3n) is 1.86. The van der Waals surface area contributed by atoms with Crippen LogP contribution in [0.3, 0.4) is 0 Å². The first-order valence-corrected chi connectivity index (χ1v) is 4.73. The molecule has 0 aliphatic carbocycles. The first-order valence-electron chi connectivity index (χ1n) is 4.73. The van der Waals surface area contributed by atoms with Crippen LogP contribution in [0.5, 0.6) is 0 Å². The molecular weight excluding hydrogens is 188 g/mol. The van der Waals surface area contributed by atoms with Crippen molar-refractivity contribution in [2.24, 2.45) is 0 Å². The lowest BCUT2D eigenvalue weighted by Gasteiger charge is -2.20. The van der Waals surface area contributed by atoms with Crippen molar-refractivity contribution in [1.29, 1.82) is 5.26 Å². The molecule has 0 radical (unpaired) electrons. The molecule has 0 aliphatic heterocycles. The lowest BCUT2D eigenvalue weighted by Crippen LogP contribution is -2.26. The Balaban J connectivity index is 3.01. The van der Waals surface area contributed by atoms with E-state index in [0.717, 1.165) is 13.0 Å². The van der Waals surface area contributed by atoms with Crippen LogP contribution >= 0.6 is 0 Å². The number of terminal acetylenes is 1. The Kier molecular flexibility index (Phi) is 4.12. The van der Waals surface area contributed by atoms with E-state index in [-0.39, 0.29) is 0 Å². The van der Waals surface area contributed by atoms with Gasteiger partial charge in [-0.2, -0.15) is 5.26 Å². The Bertz CT molecular complexity index is 400. The molecule has 1 rings (SSSR count). The molecule has 15 heavy (non-hydrogen) atoms. The molecule has 0 saturated heterocycles. The number of nitrogens with zero attached hydrogens (tertiary/aromatic N) is 4. The molecule has 0 spiro atoms. The van der Waals surface area contributed by atoms with Crippen molar-refractivity contribution in [2.45, 2.75) is 13.3 Å². The smallest absolute Gasteiger partial charge is 0.183 e. The predicted octanol–water partition coefficient (Wildman–Crippen LogP) is 1.20. The van der Waals surface area contributed by atoms with E-state index in [1.165, 1.54) is 6.20 Å². The Labute approximate surface area is 89.6 Å². The quantitative estimate of drug-likeness (QED) is 0.685. The van der Waals surface area contributed by atoms with Gasteiger partial charge in [0.05, 0.1) is 6.54 Å². The third kappa shape index (κ3) is 2.69. The number of hydrogen-bond acceptors (Lipinski definition) is 4. The van der Waals surface area contributed by atoms with E-state index in [1.807, 2.05) is 17.9 Å². The Morgan fingerprint density at radius 3 is 2.80 bits per heavy atom. The Hall–Kier alpha value is -2.07. The van der Waals surface area contributed by atoms with Crippen molar-refractivity contribution in [1.82, 2.24) is 9.97 Å². The van der Waals surface area contributed by atoms with Gasteiger partial charge in [-0.05, 0) is 6.42 Å². The molecule has 0 bridgehead atoms. The molecule has 4 heteroatoms. The maximum atomic E-state index is 8.87. The van der Waals surface area contributed by atoms with Gasteiger partial charge in [-0.25, -0.2) is 9.97 Å². The van der Waals surface area contributed by atoms with Crippen molar-refractivity contribution >= 4 is 5.82 Å². The SMILES string of the molecule is C#CCN(CCC)c1nccnc1C#N. The van der Waals surface area contributed by atoms with Gasteiger partial charge in [0.15, 0.2) is 11.5 Å². The molecule has 0 saturated carbocycles. The fourth-order valence-electron chi connectivity index (χ4n) is 1.28. The lowest BCUT2D eigenvalue weighted by molar-refractivity contribution is 0.803. The molecule has 0 aliphatic rings. The number of rotatable bonds is 4. The first-order chi connectivity index (χ1) is 7.33. The average molecular weight is 200 g/mol. The molecule has 0 N–H and O–H groups in total. The van der Waals surface area contributed by atoms with E-state index in [1.54, 1.807) is 6.20 Å². The summed E-state index contributed by atoms with van der Waals surface area (Å²) in [6.07, 6.45) is 9.28. The summed E-state index contributed by atoms with van der Waals surface area (Å²) < 4.78 is 0. The highest BCUT2D eigenvalue weighted by atomic mass is 15.2. The summed E-state index contributed by atoms with van der Waals surface area (Å²) in [5.74, 6) is 3.12. The zero-order valence-electron chi connectivity index (χ0n) is 8.64. The highest BCUT2D eigenvalue weighted by Crippen LogP contribution is 2.13. The second-order valence-corrected chi connectivity index (χ2v) is 2.97. The number of nitriles is 1. The minimum Gasteiger partial charge on any atom is -0.343 e. The van der Waals surface area contributed by atoms with Crippen molar-refractivity contribution in [3.63, 3.8) is 0 Å². The topological polar surface area (TPSA) is 52.8 Å². The number of hydrogen-bond donors (Lipinski definition) is 0. The molecule has 0 fully saturated rings. The summed E-state index contributed by atoms with van der Waals surface area (Å²) in [5, 5.41) is 8.87. The molecule has 0 unspecified atom stereocenters. The highest BCUT2D eigenvalue weighted by Gasteiger charge is 2.11. The normalized spacial score (nSPS) is 9.00. The third-order valence-corrected chi connectivity index (χ3v) is 1.86. The largest absolute Gasteiger partial charge is 0.343 e. The van der Waals surface area contributed by atoms with Gasteiger partial charge in [0, 0.05) is 18.9 Å². The van der Waals surface area contributed by atoms with Crippen molar-refractivity contribution < 1.29 is 0 Å². The molecule has 1 aromatic heterocycles. The standard InChI is InChI=1S/C11H12N4/c1-3-7-15(8-4-2)11-10(9-12)13-5-6-14-11/h1,5-6H,4,7-8H2,2H3. The van der Waals surface area contributed by atoms with E-state index in [9.17, 15) is 0 Å². The predicted molar refractivity (Wildman–Crippen MR) is 58.1 cm³/mol. The Morgan fingerprint density at radius 1 is 1.47 bits per heavy atom. The summed E-state index contributed by atoms with van der Waals surface area (Å²) in [5.41, 5.74) is 0.321. The van der Waals surface area contributed by atoms with Crippen molar-refractivity contribution in [2.75, 3.05) is 18.0 Å². The van der Waals surface area contributed by atoms with E-state index in [2.05, 4.69) is 15.9 Å². The molecular formula is C11H12N4. The van der Waals surface area contributed by atoms with E-state index < -0.39 is 0 Å². The van der Waals surface area contributed by atoms with Gasteiger partial charge < -0.3 is 4.90 Å². The van der Waals surface area contributed by atoms with E-state index in [4.69, 9.17) is 11.7 Å². The van der Waals surface area contributed by atoms with Crippen LogP contribution in [0.25, 0.3) is 0 Å².